The molecule has 4 aromatic heterocycles. The Morgan fingerprint density at radius 1 is 1.00 bits per heavy atom. The molecule has 1 saturated heterocycles. The van der Waals surface area contributed by atoms with Crippen molar-refractivity contribution in [2.75, 3.05) is 46.4 Å². The van der Waals surface area contributed by atoms with E-state index >= 15 is 0 Å². The van der Waals surface area contributed by atoms with Gasteiger partial charge in [0.1, 0.15) is 25.6 Å². The van der Waals surface area contributed by atoms with Crippen molar-refractivity contribution in [1.82, 2.24) is 34.1 Å². The number of ether oxygens (including phenoxy) is 4. The molecule has 0 bridgehead atoms. The standard InChI is InChI=1S/C49H52ClN7O6S/c1-5-34(32(3)61-30-37-18-19-51-47(54-37)36-14-17-42(52-27-36)62-29-33-10-7-6-8-11-33)26-40(49(58)59)63-48-44-41(64-55-48)28-53-46(35-12-9-13-35)43(44)38-15-16-39(45(50)31(38)2)60-25-24-57-22-20-56(4)21-23-57/h5-8,10-11,14-19,27-28,35,40H,1,9,12-13,20-26,29-30H2,2-4H3,(H,58,59)/b34-32-. The molecule has 1 unspecified atom stereocenters. The van der Waals surface area contributed by atoms with Gasteiger partial charge in [-0.15, -0.1) is 0 Å². The van der Waals surface area contributed by atoms with Gasteiger partial charge in [-0.25, -0.2) is 19.7 Å². The fourth-order valence-corrected chi connectivity index (χ4v) is 8.69. The quantitative estimate of drug-likeness (QED) is 0.0609. The van der Waals surface area contributed by atoms with Crippen LogP contribution < -0.4 is 14.2 Å². The van der Waals surface area contributed by atoms with E-state index < -0.39 is 12.1 Å². The second-order valence-corrected chi connectivity index (χ2v) is 17.4. The van der Waals surface area contributed by atoms with Crippen molar-refractivity contribution in [3.63, 3.8) is 0 Å². The number of carboxylic acids is 1. The molecule has 64 heavy (non-hydrogen) atoms. The minimum absolute atomic E-state index is 0.0238. The third kappa shape index (κ3) is 10.5. The topological polar surface area (TPSA) is 145 Å². The Kier molecular flexibility index (Phi) is 14.5. The van der Waals surface area contributed by atoms with Crippen molar-refractivity contribution in [2.45, 2.75) is 64.8 Å². The van der Waals surface area contributed by atoms with Crippen LogP contribution in [0.25, 0.3) is 32.6 Å². The zero-order valence-corrected chi connectivity index (χ0v) is 37.9. The van der Waals surface area contributed by atoms with Gasteiger partial charge >= 0.3 is 5.97 Å². The van der Waals surface area contributed by atoms with Gasteiger partial charge < -0.3 is 29.0 Å². The van der Waals surface area contributed by atoms with E-state index in [-0.39, 0.29) is 24.8 Å². The monoisotopic (exact) mass is 901 g/mol. The molecule has 5 heterocycles. The van der Waals surface area contributed by atoms with Crippen LogP contribution in [0.4, 0.5) is 0 Å². The molecule has 0 amide bonds. The Hall–Kier alpha value is -5.93. The number of halogens is 1. The van der Waals surface area contributed by atoms with Crippen molar-refractivity contribution in [1.29, 1.82) is 0 Å². The third-order valence-corrected chi connectivity index (χ3v) is 13.1. The van der Waals surface area contributed by atoms with E-state index in [4.69, 9.17) is 35.5 Å². The SMILES string of the molecule is C=C/C(CC(Oc1nsc2cnc(C3CCC3)c(-c3ccc(OCCN4CCN(C)CC4)c(Cl)c3C)c12)C(=O)O)=C(\C)OCc1ccnc(-c2ccc(OCc3ccccc3)nc2)n1. The number of allylic oxidation sites excluding steroid dienone is 2. The van der Waals surface area contributed by atoms with Gasteiger partial charge in [0.15, 0.2) is 5.82 Å². The summed E-state index contributed by atoms with van der Waals surface area (Å²) in [6, 6.07) is 19.2. The number of fused-ring (bicyclic) bond motifs is 1. The summed E-state index contributed by atoms with van der Waals surface area (Å²) in [5.74, 6) is 1.43. The smallest absolute Gasteiger partial charge is 0.345 e. The van der Waals surface area contributed by atoms with Crippen molar-refractivity contribution >= 4 is 39.2 Å². The highest BCUT2D eigenvalue weighted by atomic mass is 35.5. The Morgan fingerprint density at radius 3 is 2.53 bits per heavy atom. The fraction of sp³-hybridized carbons (Fsp3) is 0.347. The molecule has 6 aromatic rings. The Bertz CT molecular complexity index is 2610. The van der Waals surface area contributed by atoms with Gasteiger partial charge in [0.2, 0.25) is 17.9 Å². The summed E-state index contributed by atoms with van der Waals surface area (Å²) < 4.78 is 30.1. The number of nitrogens with zero attached hydrogens (tertiary/aromatic N) is 7. The maximum absolute atomic E-state index is 12.9. The zero-order valence-electron chi connectivity index (χ0n) is 36.3. The molecule has 8 rings (SSSR count). The van der Waals surface area contributed by atoms with Crippen molar-refractivity contribution in [3.8, 4) is 40.0 Å². The minimum Gasteiger partial charge on any atom is -0.492 e. The molecule has 2 fully saturated rings. The van der Waals surface area contributed by atoms with E-state index in [2.05, 4.69) is 42.8 Å². The first kappa shape index (κ1) is 44.7. The second-order valence-electron chi connectivity index (χ2n) is 16.2. The lowest BCUT2D eigenvalue weighted by Gasteiger charge is -2.32. The van der Waals surface area contributed by atoms with Crippen LogP contribution in [0.1, 0.15) is 61.0 Å². The van der Waals surface area contributed by atoms with Gasteiger partial charge in [-0.1, -0.05) is 67.1 Å². The number of aliphatic carboxylic acids is 1. The lowest BCUT2D eigenvalue weighted by atomic mass is 9.79. The van der Waals surface area contributed by atoms with E-state index in [1.54, 1.807) is 37.5 Å². The Morgan fingerprint density at radius 2 is 1.81 bits per heavy atom. The van der Waals surface area contributed by atoms with E-state index in [1.165, 1.54) is 11.5 Å². The molecule has 2 aliphatic rings. The highest BCUT2D eigenvalue weighted by molar-refractivity contribution is 7.13. The summed E-state index contributed by atoms with van der Waals surface area (Å²) in [5.41, 5.74) is 6.50. The number of carbonyl (C=O) groups is 1. The van der Waals surface area contributed by atoms with E-state index in [9.17, 15) is 9.90 Å². The lowest BCUT2D eigenvalue weighted by Crippen LogP contribution is -2.45. The first-order valence-electron chi connectivity index (χ1n) is 21.6. The highest BCUT2D eigenvalue weighted by Gasteiger charge is 2.31. The van der Waals surface area contributed by atoms with Crippen molar-refractivity contribution in [3.05, 3.63) is 131 Å². The van der Waals surface area contributed by atoms with Crippen LogP contribution in [0.15, 0.2) is 103 Å². The number of piperazine rings is 1. The summed E-state index contributed by atoms with van der Waals surface area (Å²) in [5, 5.41) is 11.8. The lowest BCUT2D eigenvalue weighted by molar-refractivity contribution is -0.145. The normalized spacial score (nSPS) is 15.6. The molecular weight excluding hydrogens is 850 g/mol. The molecule has 1 saturated carbocycles. The summed E-state index contributed by atoms with van der Waals surface area (Å²) in [6.45, 7) is 13.7. The van der Waals surface area contributed by atoms with Crippen molar-refractivity contribution in [2.24, 2.45) is 0 Å². The number of aromatic nitrogens is 5. The molecule has 1 aliphatic heterocycles. The molecule has 332 valence electrons. The number of hydrogen-bond donors (Lipinski definition) is 1. The maximum Gasteiger partial charge on any atom is 0.345 e. The molecule has 15 heteroatoms. The first-order valence-corrected chi connectivity index (χ1v) is 22.7. The number of likely N-dealkylation sites (N-methyl/N-ethyl adjacent to an activating group) is 1. The van der Waals surface area contributed by atoms with Gasteiger partial charge in [0, 0.05) is 80.8 Å². The number of rotatable bonds is 19. The largest absolute Gasteiger partial charge is 0.492 e. The van der Waals surface area contributed by atoms with Gasteiger partial charge in [0.05, 0.1) is 32.3 Å². The van der Waals surface area contributed by atoms with Crippen LogP contribution in [-0.4, -0.2) is 97.7 Å². The van der Waals surface area contributed by atoms with Crippen LogP contribution in [0.2, 0.25) is 5.02 Å². The predicted octanol–water partition coefficient (Wildman–Crippen LogP) is 9.54. The van der Waals surface area contributed by atoms with E-state index in [0.29, 0.717) is 52.7 Å². The zero-order chi connectivity index (χ0) is 44.6. The summed E-state index contributed by atoms with van der Waals surface area (Å²) in [6.07, 6.45) is 8.55. The Labute approximate surface area is 382 Å². The fourth-order valence-electron chi connectivity index (χ4n) is 7.77. The van der Waals surface area contributed by atoms with Gasteiger partial charge in [-0.2, -0.15) is 4.37 Å². The molecular formula is C49H52ClN7O6S. The molecule has 1 aliphatic carbocycles. The van der Waals surface area contributed by atoms with Gasteiger partial charge in [0.25, 0.3) is 0 Å². The third-order valence-electron chi connectivity index (χ3n) is 11.9. The highest BCUT2D eigenvalue weighted by Crippen LogP contribution is 2.48. The molecule has 0 spiro atoms. The van der Waals surface area contributed by atoms with Crippen LogP contribution >= 0.6 is 23.1 Å². The number of hydrogen-bond acceptors (Lipinski definition) is 13. The van der Waals surface area contributed by atoms with Crippen LogP contribution in [0, 0.1) is 6.92 Å². The molecule has 13 nitrogen and oxygen atoms in total. The summed E-state index contributed by atoms with van der Waals surface area (Å²) in [4.78, 5) is 36.2. The van der Waals surface area contributed by atoms with E-state index in [1.807, 2.05) is 61.7 Å². The first-order chi connectivity index (χ1) is 31.1. The van der Waals surface area contributed by atoms with Crippen LogP contribution in [0.3, 0.4) is 0 Å². The van der Waals surface area contributed by atoms with E-state index in [0.717, 1.165) is 95.6 Å². The van der Waals surface area contributed by atoms with Crippen LogP contribution in [-0.2, 0) is 22.7 Å². The summed E-state index contributed by atoms with van der Waals surface area (Å²) in [7, 11) is 2.15. The Balaban J connectivity index is 0.974. The maximum atomic E-state index is 12.9. The van der Waals surface area contributed by atoms with Crippen LogP contribution in [0.5, 0.6) is 17.5 Å². The molecule has 1 N–H and O–H groups in total. The number of carboxylic acid groups (broad SMARTS) is 1. The number of pyridine rings is 2. The molecule has 1 atom stereocenters. The predicted molar refractivity (Wildman–Crippen MR) is 249 cm³/mol. The number of benzene rings is 2. The average molecular weight is 903 g/mol. The van der Waals surface area contributed by atoms with Crippen molar-refractivity contribution < 1.29 is 28.8 Å². The summed E-state index contributed by atoms with van der Waals surface area (Å²) >= 11 is 8.29. The second kappa shape index (κ2) is 20.7. The molecule has 0 radical (unpaired) electrons. The van der Waals surface area contributed by atoms with Gasteiger partial charge in [-0.3, -0.25) is 9.88 Å². The van der Waals surface area contributed by atoms with Gasteiger partial charge in [-0.05, 0) is 85.7 Å². The minimum atomic E-state index is -1.30. The molecule has 2 aromatic carbocycles. The average Bonchev–Trinajstić information content (AvgIpc) is 3.71.